The van der Waals surface area contributed by atoms with Crippen LogP contribution in [0.5, 0.6) is 0 Å². The lowest BCUT2D eigenvalue weighted by Gasteiger charge is -2.13. The molecule has 2 aromatic rings. The molecule has 2 unspecified atom stereocenters. The molecule has 2 atom stereocenters. The van der Waals surface area contributed by atoms with Gasteiger partial charge in [0.2, 0.25) is 11.8 Å². The highest BCUT2D eigenvalue weighted by Crippen LogP contribution is 2.38. The fraction of sp³-hybridized carbons (Fsp3) is 0.368. The molecule has 0 aromatic carbocycles. The molecular formula is C19H21N7O2. The number of aromatic nitrogens is 3. The second-order valence-electron chi connectivity index (χ2n) is 6.97. The van der Waals surface area contributed by atoms with E-state index in [-0.39, 0.29) is 30.0 Å². The monoisotopic (exact) mass is 379 g/mol. The largest absolute Gasteiger partial charge is 0.374 e. The predicted molar refractivity (Wildman–Crippen MR) is 103 cm³/mol. The van der Waals surface area contributed by atoms with E-state index in [0.29, 0.717) is 28.7 Å². The molecule has 2 heterocycles. The highest BCUT2D eigenvalue weighted by atomic mass is 16.2. The number of nitriles is 1. The number of amides is 2. The standard InChI is InChI=1S/C19H21N7O2/c1-11-4-13(11)19(28)25-17-9-22-16(8-24-17)12-5-14(15(6-20)21-7-12)23-10-18(27)26(2)3/h5,7-9,11,13,23H,4,10H2,1-3H3,(H,24,25,28). The van der Waals surface area contributed by atoms with E-state index < -0.39 is 0 Å². The van der Waals surface area contributed by atoms with Crippen molar-refractivity contribution in [2.45, 2.75) is 13.3 Å². The van der Waals surface area contributed by atoms with Crippen molar-refractivity contribution in [3.05, 3.63) is 30.4 Å². The van der Waals surface area contributed by atoms with E-state index in [4.69, 9.17) is 0 Å². The molecule has 2 N–H and O–H groups in total. The van der Waals surface area contributed by atoms with Gasteiger partial charge in [-0.2, -0.15) is 5.26 Å². The van der Waals surface area contributed by atoms with Gasteiger partial charge in [0.1, 0.15) is 6.07 Å². The van der Waals surface area contributed by atoms with Gasteiger partial charge in [-0.15, -0.1) is 0 Å². The number of hydrogen-bond donors (Lipinski definition) is 2. The van der Waals surface area contributed by atoms with Gasteiger partial charge in [0.15, 0.2) is 11.5 Å². The molecule has 1 aliphatic rings. The zero-order valence-electron chi connectivity index (χ0n) is 15.9. The molecule has 0 aliphatic heterocycles. The Balaban J connectivity index is 1.73. The summed E-state index contributed by atoms with van der Waals surface area (Å²) in [6.45, 7) is 2.08. The Labute approximate surface area is 162 Å². The van der Waals surface area contributed by atoms with Crippen molar-refractivity contribution in [3.63, 3.8) is 0 Å². The van der Waals surface area contributed by atoms with Crippen molar-refractivity contribution in [1.82, 2.24) is 19.9 Å². The van der Waals surface area contributed by atoms with Crippen LogP contribution in [0.1, 0.15) is 19.0 Å². The number of nitrogens with zero attached hydrogens (tertiary/aromatic N) is 5. The van der Waals surface area contributed by atoms with Crippen molar-refractivity contribution in [2.24, 2.45) is 11.8 Å². The highest BCUT2D eigenvalue weighted by Gasteiger charge is 2.39. The fourth-order valence-electron chi connectivity index (χ4n) is 2.61. The number of pyridine rings is 1. The zero-order valence-corrected chi connectivity index (χ0v) is 15.9. The minimum Gasteiger partial charge on any atom is -0.374 e. The van der Waals surface area contributed by atoms with Crippen LogP contribution in [0.25, 0.3) is 11.3 Å². The molecule has 28 heavy (non-hydrogen) atoms. The van der Waals surface area contributed by atoms with Gasteiger partial charge >= 0.3 is 0 Å². The third-order valence-corrected chi connectivity index (χ3v) is 4.57. The smallest absolute Gasteiger partial charge is 0.241 e. The molecule has 1 saturated carbocycles. The first-order chi connectivity index (χ1) is 13.4. The van der Waals surface area contributed by atoms with E-state index in [1.807, 2.05) is 13.0 Å². The Kier molecular flexibility index (Phi) is 5.49. The van der Waals surface area contributed by atoms with E-state index in [2.05, 4.69) is 25.6 Å². The number of hydrogen-bond acceptors (Lipinski definition) is 7. The summed E-state index contributed by atoms with van der Waals surface area (Å²) in [5.74, 6) is 0.708. The number of rotatable bonds is 6. The van der Waals surface area contributed by atoms with Crippen LogP contribution >= 0.6 is 0 Å². The molecular weight excluding hydrogens is 358 g/mol. The molecule has 1 aliphatic carbocycles. The lowest BCUT2D eigenvalue weighted by Crippen LogP contribution is -2.28. The van der Waals surface area contributed by atoms with Crippen LogP contribution in [-0.2, 0) is 9.59 Å². The van der Waals surface area contributed by atoms with Crippen LogP contribution in [0.3, 0.4) is 0 Å². The van der Waals surface area contributed by atoms with Gasteiger partial charge in [-0.25, -0.2) is 9.97 Å². The van der Waals surface area contributed by atoms with Gasteiger partial charge in [-0.05, 0) is 18.4 Å². The molecule has 0 saturated heterocycles. The number of carbonyl (C=O) groups is 2. The second-order valence-corrected chi connectivity index (χ2v) is 6.97. The lowest BCUT2D eigenvalue weighted by atomic mass is 10.1. The Morgan fingerprint density at radius 3 is 2.57 bits per heavy atom. The van der Waals surface area contributed by atoms with Crippen LogP contribution in [0.4, 0.5) is 11.5 Å². The zero-order chi connectivity index (χ0) is 20.3. The van der Waals surface area contributed by atoms with Crippen molar-refractivity contribution < 1.29 is 9.59 Å². The van der Waals surface area contributed by atoms with Gasteiger partial charge in [0, 0.05) is 31.8 Å². The quantitative estimate of drug-likeness (QED) is 0.779. The maximum absolute atomic E-state index is 12.0. The summed E-state index contributed by atoms with van der Waals surface area (Å²) < 4.78 is 0. The summed E-state index contributed by atoms with van der Waals surface area (Å²) in [6, 6.07) is 3.69. The number of carbonyl (C=O) groups excluding carboxylic acids is 2. The average Bonchev–Trinajstić information content (AvgIpc) is 3.43. The molecule has 9 nitrogen and oxygen atoms in total. The topological polar surface area (TPSA) is 124 Å². The summed E-state index contributed by atoms with van der Waals surface area (Å²) in [5, 5.41) is 14.9. The normalized spacial score (nSPS) is 17.4. The van der Waals surface area contributed by atoms with Crippen LogP contribution < -0.4 is 10.6 Å². The summed E-state index contributed by atoms with van der Waals surface area (Å²) in [4.78, 5) is 37.9. The van der Waals surface area contributed by atoms with Crippen LogP contribution in [0.2, 0.25) is 0 Å². The molecule has 0 spiro atoms. The van der Waals surface area contributed by atoms with Gasteiger partial charge in [-0.1, -0.05) is 6.92 Å². The number of anilines is 2. The predicted octanol–water partition coefficient (Wildman–Crippen LogP) is 1.50. The fourth-order valence-corrected chi connectivity index (χ4v) is 2.61. The first kappa shape index (κ1) is 19.2. The maximum atomic E-state index is 12.0. The number of nitrogens with one attached hydrogen (secondary N) is 2. The van der Waals surface area contributed by atoms with E-state index in [1.165, 1.54) is 23.5 Å². The molecule has 2 amide bonds. The molecule has 9 heteroatoms. The Bertz CT molecular complexity index is 934. The van der Waals surface area contributed by atoms with Crippen LogP contribution in [-0.4, -0.2) is 52.3 Å². The van der Waals surface area contributed by atoms with E-state index >= 15 is 0 Å². The third kappa shape index (κ3) is 4.40. The minimum absolute atomic E-state index is 0.0355. The summed E-state index contributed by atoms with van der Waals surface area (Å²) >= 11 is 0. The van der Waals surface area contributed by atoms with E-state index in [9.17, 15) is 14.9 Å². The second kappa shape index (κ2) is 8.00. The van der Waals surface area contributed by atoms with Crippen molar-refractivity contribution in [1.29, 1.82) is 5.26 Å². The van der Waals surface area contributed by atoms with Crippen LogP contribution in [0, 0.1) is 23.2 Å². The molecule has 2 aromatic heterocycles. The Morgan fingerprint density at radius 1 is 1.25 bits per heavy atom. The van der Waals surface area contributed by atoms with E-state index in [1.54, 1.807) is 20.2 Å². The van der Waals surface area contributed by atoms with Crippen molar-refractivity contribution >= 4 is 23.3 Å². The summed E-state index contributed by atoms with van der Waals surface area (Å²) in [5.41, 5.74) is 1.81. The van der Waals surface area contributed by atoms with Crippen molar-refractivity contribution in [2.75, 3.05) is 31.3 Å². The summed E-state index contributed by atoms with van der Waals surface area (Å²) in [6.07, 6.45) is 5.44. The average molecular weight is 379 g/mol. The Morgan fingerprint density at radius 2 is 2.00 bits per heavy atom. The lowest BCUT2D eigenvalue weighted by molar-refractivity contribution is -0.126. The third-order valence-electron chi connectivity index (χ3n) is 4.57. The van der Waals surface area contributed by atoms with Gasteiger partial charge in [-0.3, -0.25) is 14.6 Å². The first-order valence-corrected chi connectivity index (χ1v) is 8.86. The molecule has 1 fully saturated rings. The maximum Gasteiger partial charge on any atom is 0.241 e. The first-order valence-electron chi connectivity index (χ1n) is 8.86. The van der Waals surface area contributed by atoms with Gasteiger partial charge in [0.25, 0.3) is 0 Å². The van der Waals surface area contributed by atoms with Crippen molar-refractivity contribution in [3.8, 4) is 17.3 Å². The molecule has 0 radical (unpaired) electrons. The highest BCUT2D eigenvalue weighted by molar-refractivity contribution is 5.93. The molecule has 3 rings (SSSR count). The summed E-state index contributed by atoms with van der Waals surface area (Å²) in [7, 11) is 3.31. The SMILES string of the molecule is CC1CC1C(=O)Nc1cnc(-c2cnc(C#N)c(NCC(=O)N(C)C)c2)cn1. The molecule has 0 bridgehead atoms. The molecule has 144 valence electrons. The van der Waals surface area contributed by atoms with Gasteiger partial charge in [0.05, 0.1) is 30.3 Å². The minimum atomic E-state index is -0.126. The number of likely N-dealkylation sites (N-methyl/N-ethyl adjacent to an activating group) is 1. The Hall–Kier alpha value is -3.54. The van der Waals surface area contributed by atoms with E-state index in [0.717, 1.165) is 6.42 Å². The van der Waals surface area contributed by atoms with Gasteiger partial charge < -0.3 is 15.5 Å². The van der Waals surface area contributed by atoms with Crippen LogP contribution in [0.15, 0.2) is 24.7 Å².